The van der Waals surface area contributed by atoms with Gasteiger partial charge in [0.15, 0.2) is 5.76 Å². The number of hydrogen-bond acceptors (Lipinski definition) is 5. The zero-order valence-electron chi connectivity index (χ0n) is 16.2. The molecule has 5 nitrogen and oxygen atoms in total. The van der Waals surface area contributed by atoms with Gasteiger partial charge in [-0.3, -0.25) is 9.59 Å². The number of hydrogen-bond donors (Lipinski definition) is 1. The second kappa shape index (κ2) is 5.44. The molecule has 142 valence electrons. The Morgan fingerprint density at radius 2 is 1.92 bits per heavy atom. The molecule has 0 aromatic rings. The molecule has 7 atom stereocenters. The largest absolute Gasteiger partial charge is 0.493 e. The van der Waals surface area contributed by atoms with Gasteiger partial charge in [-0.25, -0.2) is 0 Å². The van der Waals surface area contributed by atoms with Gasteiger partial charge in [0, 0.05) is 10.8 Å². The highest BCUT2D eigenvalue weighted by Gasteiger charge is 2.68. The highest BCUT2D eigenvalue weighted by atomic mass is 16.5. The Kier molecular flexibility index (Phi) is 3.72. The van der Waals surface area contributed by atoms with Crippen LogP contribution in [-0.4, -0.2) is 36.2 Å². The number of aliphatic hydroxyl groups excluding tert-OH is 1. The first-order valence-electron chi connectivity index (χ1n) is 9.53. The summed E-state index contributed by atoms with van der Waals surface area (Å²) in [7, 11) is 1.54. The molecular weight excluding hydrogens is 332 g/mol. The van der Waals surface area contributed by atoms with Crippen molar-refractivity contribution in [3.8, 4) is 0 Å². The maximum absolute atomic E-state index is 13.4. The van der Waals surface area contributed by atoms with E-state index in [-0.39, 0.29) is 42.0 Å². The lowest BCUT2D eigenvalue weighted by Gasteiger charge is -2.64. The number of carbonyl (C=O) groups is 2. The van der Waals surface area contributed by atoms with Crippen molar-refractivity contribution in [1.29, 1.82) is 0 Å². The van der Waals surface area contributed by atoms with Crippen LogP contribution in [0.15, 0.2) is 23.0 Å². The van der Waals surface area contributed by atoms with Crippen molar-refractivity contribution in [2.75, 3.05) is 7.11 Å². The molecule has 1 N–H and O–H groups in total. The van der Waals surface area contributed by atoms with Crippen molar-refractivity contribution in [1.82, 2.24) is 0 Å². The van der Waals surface area contributed by atoms with E-state index in [1.807, 2.05) is 19.9 Å². The summed E-state index contributed by atoms with van der Waals surface area (Å²) in [6, 6.07) is 0. The summed E-state index contributed by atoms with van der Waals surface area (Å²) >= 11 is 0. The Bertz CT molecular complexity index is 750. The zero-order valence-corrected chi connectivity index (χ0v) is 16.2. The summed E-state index contributed by atoms with van der Waals surface area (Å²) in [5.74, 6) is 0.347. The predicted molar refractivity (Wildman–Crippen MR) is 94.9 cm³/mol. The highest BCUT2D eigenvalue weighted by molar-refractivity contribution is 6.00. The lowest BCUT2D eigenvalue weighted by molar-refractivity contribution is -0.197. The molecular formula is C21H28O5. The third kappa shape index (κ3) is 1.95. The molecule has 5 heteroatoms. The van der Waals surface area contributed by atoms with Gasteiger partial charge in [0.25, 0.3) is 0 Å². The van der Waals surface area contributed by atoms with E-state index in [0.29, 0.717) is 18.6 Å². The van der Waals surface area contributed by atoms with Gasteiger partial charge in [-0.2, -0.15) is 0 Å². The zero-order chi connectivity index (χ0) is 19.0. The van der Waals surface area contributed by atoms with Gasteiger partial charge >= 0.3 is 5.97 Å². The average Bonchev–Trinajstić information content (AvgIpc) is 2.59. The minimum absolute atomic E-state index is 0.0239. The Morgan fingerprint density at radius 3 is 2.58 bits per heavy atom. The third-order valence-electron chi connectivity index (χ3n) is 8.02. The molecule has 4 rings (SSSR count). The van der Waals surface area contributed by atoms with Crippen molar-refractivity contribution in [3.05, 3.63) is 23.0 Å². The monoisotopic (exact) mass is 360 g/mol. The molecule has 0 aromatic carbocycles. The number of ketones is 1. The molecule has 0 aromatic heterocycles. The maximum atomic E-state index is 13.4. The Morgan fingerprint density at radius 1 is 1.23 bits per heavy atom. The first-order chi connectivity index (χ1) is 12.1. The highest BCUT2D eigenvalue weighted by Crippen LogP contribution is 2.66. The molecule has 1 saturated heterocycles. The van der Waals surface area contributed by atoms with Gasteiger partial charge in [-0.15, -0.1) is 0 Å². The molecule has 0 bridgehead atoms. The fourth-order valence-corrected chi connectivity index (χ4v) is 6.54. The van der Waals surface area contributed by atoms with Gasteiger partial charge in [0.2, 0.25) is 5.78 Å². The first kappa shape index (κ1) is 17.8. The van der Waals surface area contributed by atoms with Crippen LogP contribution >= 0.6 is 0 Å². The summed E-state index contributed by atoms with van der Waals surface area (Å²) in [6.45, 7) is 8.18. The van der Waals surface area contributed by atoms with E-state index in [1.54, 1.807) is 7.11 Å². The standard InChI is InChI=1S/C21H28O5/c1-10-6-15(25-5)19(24)21(4)12(10)7-17-20(3)13(8-18(23)26-17)11(2)14(22)9-16(20)21/h6,10,12,14,16-17,22H,7-9H2,1-5H3/t10-,12+,14+,16+,17-,20+,21+/m1/s1. The summed E-state index contributed by atoms with van der Waals surface area (Å²) < 4.78 is 11.2. The van der Waals surface area contributed by atoms with Crippen LogP contribution in [0.4, 0.5) is 0 Å². The van der Waals surface area contributed by atoms with E-state index in [0.717, 1.165) is 11.1 Å². The van der Waals surface area contributed by atoms with E-state index in [9.17, 15) is 14.7 Å². The van der Waals surface area contributed by atoms with Crippen LogP contribution in [0.3, 0.4) is 0 Å². The Balaban J connectivity index is 1.93. The second-order valence-electron chi connectivity index (χ2n) is 8.95. The fourth-order valence-electron chi connectivity index (χ4n) is 6.54. The molecule has 1 saturated carbocycles. The lowest BCUT2D eigenvalue weighted by atomic mass is 9.41. The number of Topliss-reactive ketones (excluding diaryl/α,β-unsaturated/α-hetero) is 1. The van der Waals surface area contributed by atoms with Gasteiger partial charge in [0.1, 0.15) is 6.10 Å². The van der Waals surface area contributed by atoms with E-state index in [1.165, 1.54) is 0 Å². The number of ether oxygens (including phenoxy) is 2. The van der Waals surface area contributed by atoms with Crippen LogP contribution in [-0.2, 0) is 19.1 Å². The summed E-state index contributed by atoms with van der Waals surface area (Å²) in [5.41, 5.74) is 0.817. The smallest absolute Gasteiger partial charge is 0.310 e. The fraction of sp³-hybridized carbons (Fsp3) is 0.714. The first-order valence-corrected chi connectivity index (χ1v) is 9.53. The summed E-state index contributed by atoms with van der Waals surface area (Å²) in [4.78, 5) is 25.7. The van der Waals surface area contributed by atoms with Crippen molar-refractivity contribution in [2.45, 2.75) is 59.2 Å². The number of esters is 1. The molecule has 3 aliphatic carbocycles. The molecule has 0 unspecified atom stereocenters. The second-order valence-corrected chi connectivity index (χ2v) is 8.95. The van der Waals surface area contributed by atoms with Gasteiger partial charge in [-0.05, 0) is 54.7 Å². The van der Waals surface area contributed by atoms with E-state index in [4.69, 9.17) is 9.47 Å². The number of fused-ring (bicyclic) bond motifs is 2. The molecule has 2 fully saturated rings. The molecule has 0 amide bonds. The van der Waals surface area contributed by atoms with E-state index < -0.39 is 16.9 Å². The average molecular weight is 360 g/mol. The third-order valence-corrected chi connectivity index (χ3v) is 8.02. The van der Waals surface area contributed by atoms with Crippen LogP contribution in [0.25, 0.3) is 0 Å². The van der Waals surface area contributed by atoms with E-state index in [2.05, 4.69) is 13.8 Å². The van der Waals surface area contributed by atoms with Crippen molar-refractivity contribution < 1.29 is 24.2 Å². The van der Waals surface area contributed by atoms with Crippen LogP contribution in [0, 0.1) is 28.6 Å². The lowest BCUT2D eigenvalue weighted by Crippen LogP contribution is -2.65. The minimum Gasteiger partial charge on any atom is -0.493 e. The molecule has 4 aliphatic rings. The quantitative estimate of drug-likeness (QED) is 0.575. The topological polar surface area (TPSA) is 72.8 Å². The number of aliphatic hydroxyl groups is 1. The molecule has 1 heterocycles. The number of rotatable bonds is 1. The van der Waals surface area contributed by atoms with Crippen molar-refractivity contribution >= 4 is 11.8 Å². The van der Waals surface area contributed by atoms with Crippen molar-refractivity contribution in [3.63, 3.8) is 0 Å². The Labute approximate surface area is 154 Å². The SMILES string of the molecule is COC1=C[C@@H](C)[C@@H]2C[C@H]3OC(=O)CC4=C(C)[C@@H](O)C[C@@H]([C@]43C)[C@@]2(C)C1=O. The normalized spacial score (nSPS) is 47.6. The molecule has 0 spiro atoms. The number of methoxy groups -OCH3 is 1. The van der Waals surface area contributed by atoms with Crippen LogP contribution < -0.4 is 0 Å². The minimum atomic E-state index is -0.637. The Hall–Kier alpha value is -1.62. The van der Waals surface area contributed by atoms with Crippen LogP contribution in [0.1, 0.15) is 47.0 Å². The van der Waals surface area contributed by atoms with Crippen LogP contribution in [0.2, 0.25) is 0 Å². The maximum Gasteiger partial charge on any atom is 0.310 e. The van der Waals surface area contributed by atoms with Gasteiger partial charge in [0.05, 0.1) is 19.6 Å². The molecule has 26 heavy (non-hydrogen) atoms. The number of carbonyl (C=O) groups excluding carboxylic acids is 2. The molecule has 0 radical (unpaired) electrons. The molecule has 1 aliphatic heterocycles. The van der Waals surface area contributed by atoms with Gasteiger partial charge in [-0.1, -0.05) is 20.8 Å². The van der Waals surface area contributed by atoms with Crippen LogP contribution in [0.5, 0.6) is 0 Å². The summed E-state index contributed by atoms with van der Waals surface area (Å²) in [6.07, 6.45) is 2.44. The van der Waals surface area contributed by atoms with Gasteiger partial charge < -0.3 is 14.6 Å². The summed E-state index contributed by atoms with van der Waals surface area (Å²) in [5, 5.41) is 10.7. The van der Waals surface area contributed by atoms with E-state index >= 15 is 0 Å². The number of allylic oxidation sites excluding steroid dienone is 2. The predicted octanol–water partition coefficient (Wildman–Crippen LogP) is 2.78. The van der Waals surface area contributed by atoms with Crippen molar-refractivity contribution in [2.24, 2.45) is 28.6 Å².